The van der Waals surface area contributed by atoms with Crippen molar-refractivity contribution in [3.8, 4) is 0 Å². The minimum atomic E-state index is -4.34. The van der Waals surface area contributed by atoms with Crippen molar-refractivity contribution >= 4 is 5.91 Å². The number of hydrogen-bond donors (Lipinski definition) is 1. The van der Waals surface area contributed by atoms with Gasteiger partial charge in [-0.05, 0) is 6.42 Å². The summed E-state index contributed by atoms with van der Waals surface area (Å²) in [6.07, 6.45) is -0.879. The van der Waals surface area contributed by atoms with Crippen molar-refractivity contribution in [1.29, 1.82) is 0 Å². The molecule has 5 heteroatoms. The van der Waals surface area contributed by atoms with Crippen molar-refractivity contribution in [3.05, 3.63) is 23.8 Å². The molecule has 0 spiro atoms. The highest BCUT2D eigenvalue weighted by molar-refractivity contribution is 5.80. The van der Waals surface area contributed by atoms with Gasteiger partial charge in [-0.15, -0.1) is 0 Å². The van der Waals surface area contributed by atoms with Crippen LogP contribution in [0, 0.1) is 5.92 Å². The van der Waals surface area contributed by atoms with Gasteiger partial charge in [0.2, 0.25) is 5.91 Å². The SMILES string of the molecule is CNC(=O)C1C=CC=C(C(F)(F)F)C1. The lowest BCUT2D eigenvalue weighted by atomic mass is 9.93. The predicted octanol–water partition coefficient (Wildman–Crippen LogP) is 1.80. The highest BCUT2D eigenvalue weighted by Gasteiger charge is 2.36. The van der Waals surface area contributed by atoms with Crippen LogP contribution in [0.4, 0.5) is 13.2 Å². The number of carbonyl (C=O) groups is 1. The van der Waals surface area contributed by atoms with Gasteiger partial charge in [0.1, 0.15) is 0 Å². The van der Waals surface area contributed by atoms with Crippen LogP contribution in [0.25, 0.3) is 0 Å². The summed E-state index contributed by atoms with van der Waals surface area (Å²) in [6.45, 7) is 0. The van der Waals surface area contributed by atoms with Gasteiger partial charge in [0.05, 0.1) is 5.92 Å². The van der Waals surface area contributed by atoms with Crippen molar-refractivity contribution in [2.45, 2.75) is 12.6 Å². The van der Waals surface area contributed by atoms with E-state index in [9.17, 15) is 18.0 Å². The lowest BCUT2D eigenvalue weighted by molar-refractivity contribution is -0.124. The molecule has 0 saturated heterocycles. The Labute approximate surface area is 79.5 Å². The van der Waals surface area contributed by atoms with Crippen LogP contribution in [0.1, 0.15) is 6.42 Å². The fourth-order valence-electron chi connectivity index (χ4n) is 1.25. The molecule has 1 rings (SSSR count). The second kappa shape index (κ2) is 3.86. The van der Waals surface area contributed by atoms with Crippen molar-refractivity contribution in [2.75, 3.05) is 7.05 Å². The van der Waals surface area contributed by atoms with Crippen LogP contribution < -0.4 is 5.32 Å². The van der Waals surface area contributed by atoms with Gasteiger partial charge in [-0.3, -0.25) is 4.79 Å². The first kappa shape index (κ1) is 10.8. The molecule has 1 aliphatic rings. The number of rotatable bonds is 1. The Morgan fingerprint density at radius 1 is 1.57 bits per heavy atom. The number of carbonyl (C=O) groups excluding carboxylic acids is 1. The Balaban J connectivity index is 2.74. The maximum absolute atomic E-state index is 12.2. The van der Waals surface area contributed by atoms with Crippen LogP contribution in [0.3, 0.4) is 0 Å². The van der Waals surface area contributed by atoms with Crippen LogP contribution in [-0.4, -0.2) is 19.1 Å². The van der Waals surface area contributed by atoms with Crippen LogP contribution in [0.5, 0.6) is 0 Å². The van der Waals surface area contributed by atoms with E-state index in [1.807, 2.05) is 0 Å². The highest BCUT2D eigenvalue weighted by Crippen LogP contribution is 2.33. The van der Waals surface area contributed by atoms with E-state index in [-0.39, 0.29) is 6.42 Å². The molecule has 0 saturated carbocycles. The summed E-state index contributed by atoms with van der Waals surface area (Å²) in [5, 5.41) is 2.32. The van der Waals surface area contributed by atoms with E-state index in [1.165, 1.54) is 19.2 Å². The number of nitrogens with one attached hydrogen (secondary N) is 1. The minimum Gasteiger partial charge on any atom is -0.359 e. The molecular formula is C9H10F3NO. The van der Waals surface area contributed by atoms with Gasteiger partial charge >= 0.3 is 6.18 Å². The molecular weight excluding hydrogens is 195 g/mol. The van der Waals surface area contributed by atoms with E-state index < -0.39 is 23.6 Å². The average Bonchev–Trinajstić information content (AvgIpc) is 2.15. The van der Waals surface area contributed by atoms with Gasteiger partial charge in [0.25, 0.3) is 0 Å². The molecule has 1 N–H and O–H groups in total. The molecule has 0 heterocycles. The third kappa shape index (κ3) is 2.37. The lowest BCUT2D eigenvalue weighted by Crippen LogP contribution is -2.29. The number of alkyl halides is 3. The maximum Gasteiger partial charge on any atom is 0.412 e. The van der Waals surface area contributed by atoms with Crippen LogP contribution in [0.15, 0.2) is 23.8 Å². The van der Waals surface area contributed by atoms with Gasteiger partial charge in [0.15, 0.2) is 0 Å². The summed E-state index contributed by atoms with van der Waals surface area (Å²) in [5.41, 5.74) is -0.659. The van der Waals surface area contributed by atoms with E-state index in [4.69, 9.17) is 0 Å². The number of amides is 1. The Hall–Kier alpha value is -1.26. The predicted molar refractivity (Wildman–Crippen MR) is 45.5 cm³/mol. The number of allylic oxidation sites excluding steroid dienone is 3. The van der Waals surface area contributed by atoms with Gasteiger partial charge in [-0.2, -0.15) is 13.2 Å². The van der Waals surface area contributed by atoms with Crippen LogP contribution >= 0.6 is 0 Å². The summed E-state index contributed by atoms with van der Waals surface area (Å²) in [7, 11) is 1.40. The summed E-state index contributed by atoms with van der Waals surface area (Å²) < 4.78 is 36.7. The Morgan fingerprint density at radius 3 is 2.71 bits per heavy atom. The molecule has 0 radical (unpaired) electrons. The van der Waals surface area contributed by atoms with Crippen molar-refractivity contribution in [3.63, 3.8) is 0 Å². The molecule has 78 valence electrons. The quantitative estimate of drug-likeness (QED) is 0.694. The molecule has 0 aromatic rings. The van der Waals surface area contributed by atoms with Crippen LogP contribution in [-0.2, 0) is 4.79 Å². The third-order valence-electron chi connectivity index (χ3n) is 2.03. The summed E-state index contributed by atoms with van der Waals surface area (Å²) in [5.74, 6) is -1.10. The first-order valence-corrected chi connectivity index (χ1v) is 4.11. The molecule has 0 bridgehead atoms. The summed E-state index contributed by atoms with van der Waals surface area (Å²) in [4.78, 5) is 11.1. The second-order valence-corrected chi connectivity index (χ2v) is 3.00. The van der Waals surface area contributed by atoms with Gasteiger partial charge in [-0.1, -0.05) is 18.2 Å². The smallest absolute Gasteiger partial charge is 0.359 e. The van der Waals surface area contributed by atoms with E-state index in [2.05, 4.69) is 5.32 Å². The first-order chi connectivity index (χ1) is 6.45. The zero-order chi connectivity index (χ0) is 10.8. The van der Waals surface area contributed by atoms with E-state index >= 15 is 0 Å². The van der Waals surface area contributed by atoms with Crippen molar-refractivity contribution < 1.29 is 18.0 Å². The zero-order valence-corrected chi connectivity index (χ0v) is 7.56. The van der Waals surface area contributed by atoms with E-state index in [0.717, 1.165) is 6.08 Å². The van der Waals surface area contributed by atoms with Crippen molar-refractivity contribution in [2.24, 2.45) is 5.92 Å². The average molecular weight is 205 g/mol. The topological polar surface area (TPSA) is 29.1 Å². The fraction of sp³-hybridized carbons (Fsp3) is 0.444. The minimum absolute atomic E-state index is 0.278. The molecule has 0 aromatic carbocycles. The molecule has 0 fully saturated rings. The highest BCUT2D eigenvalue weighted by atomic mass is 19.4. The van der Waals surface area contributed by atoms with Gasteiger partial charge < -0.3 is 5.32 Å². The standard InChI is InChI=1S/C9H10F3NO/c1-13-8(14)6-3-2-4-7(5-6)9(10,11)12/h2-4,6H,5H2,1H3,(H,13,14). The zero-order valence-electron chi connectivity index (χ0n) is 7.56. The largest absolute Gasteiger partial charge is 0.412 e. The third-order valence-corrected chi connectivity index (χ3v) is 2.03. The Kier molecular flexibility index (Phi) is 2.98. The number of hydrogen-bond acceptors (Lipinski definition) is 1. The van der Waals surface area contributed by atoms with Crippen LogP contribution in [0.2, 0.25) is 0 Å². The fourth-order valence-corrected chi connectivity index (χ4v) is 1.25. The van der Waals surface area contributed by atoms with Gasteiger partial charge in [0, 0.05) is 12.6 Å². The van der Waals surface area contributed by atoms with Gasteiger partial charge in [-0.25, -0.2) is 0 Å². The maximum atomic E-state index is 12.2. The summed E-state index contributed by atoms with van der Waals surface area (Å²) >= 11 is 0. The first-order valence-electron chi connectivity index (χ1n) is 4.11. The molecule has 1 amide bonds. The molecule has 14 heavy (non-hydrogen) atoms. The van der Waals surface area contributed by atoms with E-state index in [1.54, 1.807) is 0 Å². The monoisotopic (exact) mass is 205 g/mol. The lowest BCUT2D eigenvalue weighted by Gasteiger charge is -2.18. The normalized spacial score (nSPS) is 21.7. The molecule has 0 aliphatic heterocycles. The molecule has 0 aromatic heterocycles. The molecule has 2 nitrogen and oxygen atoms in total. The Morgan fingerprint density at radius 2 is 2.21 bits per heavy atom. The van der Waals surface area contributed by atoms with Crippen molar-refractivity contribution in [1.82, 2.24) is 5.32 Å². The molecule has 1 atom stereocenters. The Bertz CT molecular complexity index is 291. The molecule has 1 unspecified atom stereocenters. The number of halogens is 3. The molecule has 1 aliphatic carbocycles. The second-order valence-electron chi connectivity index (χ2n) is 3.00. The summed E-state index contributed by atoms with van der Waals surface area (Å²) in [6, 6.07) is 0. The van der Waals surface area contributed by atoms with E-state index in [0.29, 0.717) is 0 Å².